The highest BCUT2D eigenvalue weighted by molar-refractivity contribution is 5.94. The number of nitrogens with zero attached hydrogens (tertiary/aromatic N) is 2. The summed E-state index contributed by atoms with van der Waals surface area (Å²) in [6, 6.07) is 19.7. The molecule has 1 heterocycles. The molecule has 1 aliphatic rings. The van der Waals surface area contributed by atoms with Gasteiger partial charge in [-0.3, -0.25) is 4.79 Å². The van der Waals surface area contributed by atoms with Crippen LogP contribution in [0.4, 0.5) is 14.6 Å². The molecule has 226 valence electrons. The number of carbonyl (C=O) groups is 1. The number of halogens is 2. The molecule has 43 heavy (non-hydrogen) atoms. The van der Waals surface area contributed by atoms with Gasteiger partial charge in [0.1, 0.15) is 18.0 Å². The second-order valence-corrected chi connectivity index (χ2v) is 11.2. The summed E-state index contributed by atoms with van der Waals surface area (Å²) in [5.74, 6) is -0.841. The predicted octanol–water partition coefficient (Wildman–Crippen LogP) is 5.10. The summed E-state index contributed by atoms with van der Waals surface area (Å²) in [6.45, 7) is 2.59. The molecule has 5 rings (SSSR count). The summed E-state index contributed by atoms with van der Waals surface area (Å²) >= 11 is 0. The molecule has 0 saturated heterocycles. The van der Waals surface area contributed by atoms with Crippen LogP contribution in [0.2, 0.25) is 0 Å². The molecule has 1 aliphatic carbocycles. The molecule has 0 unspecified atom stereocenters. The zero-order valence-corrected chi connectivity index (χ0v) is 24.4. The Bertz CT molecular complexity index is 1510. The van der Waals surface area contributed by atoms with Gasteiger partial charge in [0.25, 0.3) is 0 Å². The number of para-hydroxylation sites is 1. The Balaban J connectivity index is 1.21. The lowest BCUT2D eigenvalue weighted by Gasteiger charge is -2.29. The maximum Gasteiger partial charge on any atom is 0.242 e. The number of aryl methyl sites for hydroxylation is 1. The van der Waals surface area contributed by atoms with E-state index in [-0.39, 0.29) is 24.6 Å². The smallest absolute Gasteiger partial charge is 0.242 e. The fourth-order valence-corrected chi connectivity index (χ4v) is 5.79. The van der Waals surface area contributed by atoms with Crippen LogP contribution < -0.4 is 16.0 Å². The number of amides is 1. The maximum atomic E-state index is 14.4. The van der Waals surface area contributed by atoms with E-state index in [9.17, 15) is 18.7 Å². The normalized spacial score (nSPS) is 16.0. The minimum Gasteiger partial charge on any atom is -0.395 e. The summed E-state index contributed by atoms with van der Waals surface area (Å²) in [5.41, 5.74) is 4.33. The molecule has 1 amide bonds. The van der Waals surface area contributed by atoms with Crippen molar-refractivity contribution in [3.05, 3.63) is 113 Å². The van der Waals surface area contributed by atoms with Crippen molar-refractivity contribution in [3.8, 4) is 5.69 Å². The quantitative estimate of drug-likeness (QED) is 0.175. The van der Waals surface area contributed by atoms with Gasteiger partial charge >= 0.3 is 0 Å². The monoisotopic (exact) mass is 587 g/mol. The standard InChI is InChI=1S/C34H39F2N5O2/c1-2-8-31(39-27-14-13-24-16-26(35)17-30(36)29(24)18-27)34(43)40-33-20-41(22-38-33)32-12-7-6-11-25(32)19-37-28(21-42)15-23-9-4-3-5-10-23/h3-7,9-12,16-17,20,22,27-28,31,37,39,42H,2,8,13-15,18-19,21H2,1H3,(H,40,43)/t27-,28+,31-/m0/s1. The highest BCUT2D eigenvalue weighted by atomic mass is 19.1. The molecule has 7 nitrogen and oxygen atoms in total. The van der Waals surface area contributed by atoms with Crippen LogP contribution in [-0.4, -0.2) is 45.3 Å². The molecule has 0 bridgehead atoms. The topological polar surface area (TPSA) is 91.2 Å². The highest BCUT2D eigenvalue weighted by Gasteiger charge is 2.27. The summed E-state index contributed by atoms with van der Waals surface area (Å²) in [7, 11) is 0. The fourth-order valence-electron chi connectivity index (χ4n) is 5.79. The third-order valence-corrected chi connectivity index (χ3v) is 8.03. The van der Waals surface area contributed by atoms with Crippen LogP contribution in [0.15, 0.2) is 79.3 Å². The van der Waals surface area contributed by atoms with Gasteiger partial charge in [0.2, 0.25) is 5.91 Å². The summed E-state index contributed by atoms with van der Waals surface area (Å²) in [4.78, 5) is 17.8. The molecule has 9 heteroatoms. The molecule has 0 radical (unpaired) electrons. The number of aliphatic hydroxyl groups excluding tert-OH is 1. The molecular formula is C34H39F2N5O2. The Morgan fingerprint density at radius 1 is 1.12 bits per heavy atom. The Morgan fingerprint density at radius 3 is 2.70 bits per heavy atom. The lowest BCUT2D eigenvalue weighted by atomic mass is 9.87. The number of aromatic nitrogens is 2. The van der Waals surface area contributed by atoms with Gasteiger partial charge in [-0.25, -0.2) is 13.8 Å². The second kappa shape index (κ2) is 14.5. The Labute approximate surface area is 251 Å². The molecule has 4 aromatic rings. The first-order valence-corrected chi connectivity index (χ1v) is 15.0. The van der Waals surface area contributed by atoms with E-state index in [1.807, 2.05) is 54.0 Å². The Morgan fingerprint density at radius 2 is 1.91 bits per heavy atom. The number of hydrogen-bond acceptors (Lipinski definition) is 5. The van der Waals surface area contributed by atoms with Crippen LogP contribution in [0.5, 0.6) is 0 Å². The van der Waals surface area contributed by atoms with Crippen molar-refractivity contribution in [3.63, 3.8) is 0 Å². The van der Waals surface area contributed by atoms with Gasteiger partial charge < -0.3 is 25.6 Å². The van der Waals surface area contributed by atoms with Crippen molar-refractivity contribution in [2.24, 2.45) is 0 Å². The zero-order chi connectivity index (χ0) is 30.2. The summed E-state index contributed by atoms with van der Waals surface area (Å²) in [5, 5.41) is 19.8. The first-order valence-electron chi connectivity index (χ1n) is 15.0. The number of hydrogen-bond donors (Lipinski definition) is 4. The molecule has 0 fully saturated rings. The molecule has 0 saturated carbocycles. The maximum absolute atomic E-state index is 14.4. The van der Waals surface area contributed by atoms with Gasteiger partial charge in [0, 0.05) is 24.7 Å². The Kier molecular flexibility index (Phi) is 10.3. The van der Waals surface area contributed by atoms with E-state index in [2.05, 4.69) is 33.1 Å². The van der Waals surface area contributed by atoms with Gasteiger partial charge in [-0.1, -0.05) is 61.9 Å². The number of rotatable bonds is 13. The van der Waals surface area contributed by atoms with Gasteiger partial charge in [-0.05, 0) is 66.5 Å². The number of anilines is 1. The predicted molar refractivity (Wildman–Crippen MR) is 164 cm³/mol. The largest absolute Gasteiger partial charge is 0.395 e. The third-order valence-electron chi connectivity index (χ3n) is 8.03. The summed E-state index contributed by atoms with van der Waals surface area (Å²) < 4.78 is 29.9. The number of fused-ring (bicyclic) bond motifs is 1. The molecule has 0 aliphatic heterocycles. The van der Waals surface area contributed by atoms with E-state index in [0.717, 1.165) is 29.3 Å². The van der Waals surface area contributed by atoms with E-state index in [1.54, 1.807) is 12.5 Å². The zero-order valence-electron chi connectivity index (χ0n) is 24.4. The van der Waals surface area contributed by atoms with E-state index >= 15 is 0 Å². The minimum absolute atomic E-state index is 0.0200. The van der Waals surface area contributed by atoms with Crippen molar-refractivity contribution in [2.45, 2.75) is 70.1 Å². The van der Waals surface area contributed by atoms with Crippen molar-refractivity contribution < 1.29 is 18.7 Å². The van der Waals surface area contributed by atoms with E-state index < -0.39 is 17.7 Å². The van der Waals surface area contributed by atoms with Gasteiger partial charge in [-0.15, -0.1) is 0 Å². The Hall–Kier alpha value is -3.92. The number of carbonyl (C=O) groups excluding carboxylic acids is 1. The van der Waals surface area contributed by atoms with Gasteiger partial charge in [-0.2, -0.15) is 0 Å². The van der Waals surface area contributed by atoms with Crippen LogP contribution in [0.3, 0.4) is 0 Å². The SMILES string of the molecule is CCC[C@H](N[C@H]1CCc2cc(F)cc(F)c2C1)C(=O)Nc1cn(-c2ccccc2CN[C@@H](CO)Cc2ccccc2)cn1. The molecule has 1 aromatic heterocycles. The van der Waals surface area contributed by atoms with Gasteiger partial charge in [0.15, 0.2) is 5.82 Å². The van der Waals surface area contributed by atoms with Gasteiger partial charge in [0.05, 0.1) is 24.5 Å². The van der Waals surface area contributed by atoms with E-state index in [1.165, 1.54) is 6.07 Å². The first kappa shape index (κ1) is 30.5. The first-order chi connectivity index (χ1) is 20.9. The second-order valence-electron chi connectivity index (χ2n) is 11.2. The van der Waals surface area contributed by atoms with Crippen LogP contribution in [0.25, 0.3) is 5.69 Å². The van der Waals surface area contributed by atoms with Crippen LogP contribution in [0, 0.1) is 11.6 Å². The lowest BCUT2D eigenvalue weighted by Crippen LogP contribution is -2.48. The molecule has 3 aromatic carbocycles. The van der Waals surface area contributed by atoms with E-state index in [4.69, 9.17) is 0 Å². The highest BCUT2D eigenvalue weighted by Crippen LogP contribution is 2.26. The van der Waals surface area contributed by atoms with E-state index in [0.29, 0.717) is 55.6 Å². The van der Waals surface area contributed by atoms with Crippen molar-refractivity contribution in [2.75, 3.05) is 11.9 Å². The van der Waals surface area contributed by atoms with Crippen molar-refractivity contribution in [1.82, 2.24) is 20.2 Å². The van der Waals surface area contributed by atoms with Crippen molar-refractivity contribution in [1.29, 1.82) is 0 Å². The number of imidazole rings is 1. The summed E-state index contributed by atoms with van der Waals surface area (Å²) in [6.07, 6.45) is 7.26. The van der Waals surface area contributed by atoms with Crippen molar-refractivity contribution >= 4 is 11.7 Å². The number of aliphatic hydroxyl groups is 1. The molecule has 0 spiro atoms. The van der Waals surface area contributed by atoms with Crippen LogP contribution in [0.1, 0.15) is 48.4 Å². The number of benzene rings is 3. The van der Waals surface area contributed by atoms with Crippen LogP contribution >= 0.6 is 0 Å². The molecular weight excluding hydrogens is 548 g/mol. The minimum atomic E-state index is -0.554. The lowest BCUT2D eigenvalue weighted by molar-refractivity contribution is -0.118. The fraction of sp³-hybridized carbons (Fsp3) is 0.353. The molecule has 4 N–H and O–H groups in total. The average molecular weight is 588 g/mol. The van der Waals surface area contributed by atoms with Crippen LogP contribution in [-0.2, 0) is 30.6 Å². The number of nitrogens with one attached hydrogen (secondary N) is 3. The average Bonchev–Trinajstić information content (AvgIpc) is 3.48. The third kappa shape index (κ3) is 7.93. The molecule has 3 atom stereocenters.